The number of hydrogen-bond acceptors (Lipinski definition) is 5. The van der Waals surface area contributed by atoms with Gasteiger partial charge in [0.2, 0.25) is 0 Å². The lowest BCUT2D eigenvalue weighted by molar-refractivity contribution is 0.415. The average Bonchev–Trinajstić information content (AvgIpc) is 3.05. The molecule has 25 heavy (non-hydrogen) atoms. The molecule has 1 atom stereocenters. The van der Waals surface area contributed by atoms with E-state index in [9.17, 15) is 8.42 Å². The molecule has 1 aliphatic heterocycles. The fourth-order valence-corrected chi connectivity index (χ4v) is 3.59. The Morgan fingerprint density at radius 2 is 2.16 bits per heavy atom. The third-order valence-corrected chi connectivity index (χ3v) is 5.19. The molecule has 8 heteroatoms. The number of methoxy groups -OCH3 is 1. The molecule has 1 heterocycles. The highest BCUT2D eigenvalue weighted by atomic mass is 32.2. The van der Waals surface area contributed by atoms with Crippen LogP contribution < -0.4 is 20.3 Å². The minimum Gasteiger partial charge on any atom is -0.495 e. The largest absolute Gasteiger partial charge is 0.495 e. The number of nitrogens with one attached hydrogen (secondary N) is 2. The Labute approximate surface area is 150 Å². The monoisotopic (exact) mass is 368 g/mol. The molecule has 1 aromatic carbocycles. The first kappa shape index (κ1) is 19.4. The van der Waals surface area contributed by atoms with E-state index in [1.807, 2.05) is 18.2 Å². The molecule has 1 saturated heterocycles. The predicted octanol–water partition coefficient (Wildman–Crippen LogP) is 0.874. The van der Waals surface area contributed by atoms with Gasteiger partial charge in [0.05, 0.1) is 18.6 Å². The van der Waals surface area contributed by atoms with Gasteiger partial charge in [-0.25, -0.2) is 8.42 Å². The Morgan fingerprint density at radius 1 is 1.40 bits per heavy atom. The molecule has 0 aliphatic carbocycles. The fourth-order valence-electron chi connectivity index (χ4n) is 2.92. The van der Waals surface area contributed by atoms with Crippen LogP contribution in [-0.4, -0.2) is 66.2 Å². The van der Waals surface area contributed by atoms with Gasteiger partial charge >= 0.3 is 0 Å². The van der Waals surface area contributed by atoms with Crippen molar-refractivity contribution in [3.05, 3.63) is 24.3 Å². The minimum absolute atomic E-state index is 0.183. The van der Waals surface area contributed by atoms with Gasteiger partial charge in [-0.2, -0.15) is 0 Å². The molecule has 1 unspecified atom stereocenters. The summed E-state index contributed by atoms with van der Waals surface area (Å²) in [4.78, 5) is 6.52. The van der Waals surface area contributed by atoms with Gasteiger partial charge in [0.1, 0.15) is 15.6 Å². The highest BCUT2D eigenvalue weighted by Gasteiger charge is 2.25. The Bertz CT molecular complexity index is 691. The SMILES string of the molecule is CN=C(NCCCS(C)(=O)=O)NC1CCN(c2ccccc2OC)C1. The Hall–Kier alpha value is -1.96. The standard InChI is InChI=1S/C17H28N4O3S/c1-18-17(19-10-6-12-25(3,22)23)20-14-9-11-21(13-14)15-7-4-5-8-16(15)24-2/h4-5,7-8,14H,6,9-13H2,1-3H3,(H2,18,19,20). The maximum Gasteiger partial charge on any atom is 0.191 e. The number of benzene rings is 1. The lowest BCUT2D eigenvalue weighted by atomic mass is 10.2. The van der Waals surface area contributed by atoms with Gasteiger partial charge in [-0.15, -0.1) is 0 Å². The minimum atomic E-state index is -2.91. The second-order valence-electron chi connectivity index (χ2n) is 6.23. The Kier molecular flexibility index (Phi) is 6.92. The maximum absolute atomic E-state index is 11.2. The number of guanidine groups is 1. The van der Waals surface area contributed by atoms with E-state index in [4.69, 9.17) is 4.74 Å². The van der Waals surface area contributed by atoms with E-state index in [-0.39, 0.29) is 11.8 Å². The second kappa shape index (κ2) is 8.94. The summed E-state index contributed by atoms with van der Waals surface area (Å²) >= 11 is 0. The number of hydrogen-bond donors (Lipinski definition) is 2. The zero-order valence-corrected chi connectivity index (χ0v) is 16.0. The summed E-state index contributed by atoms with van der Waals surface area (Å²) in [5, 5.41) is 6.58. The number of para-hydroxylation sites is 2. The van der Waals surface area contributed by atoms with Crippen molar-refractivity contribution < 1.29 is 13.2 Å². The van der Waals surface area contributed by atoms with E-state index in [0.717, 1.165) is 30.9 Å². The van der Waals surface area contributed by atoms with Crippen LogP contribution in [0.1, 0.15) is 12.8 Å². The highest BCUT2D eigenvalue weighted by molar-refractivity contribution is 7.90. The molecule has 140 valence electrons. The van der Waals surface area contributed by atoms with Crippen LogP contribution in [-0.2, 0) is 9.84 Å². The molecule has 0 radical (unpaired) electrons. The normalized spacial score (nSPS) is 18.3. The van der Waals surface area contributed by atoms with Crippen molar-refractivity contribution in [3.8, 4) is 5.75 Å². The van der Waals surface area contributed by atoms with Crippen molar-refractivity contribution >= 4 is 21.5 Å². The fraction of sp³-hybridized carbons (Fsp3) is 0.588. The lowest BCUT2D eigenvalue weighted by Gasteiger charge is -2.22. The summed E-state index contributed by atoms with van der Waals surface area (Å²) < 4.78 is 27.8. The number of rotatable bonds is 7. The van der Waals surface area contributed by atoms with Crippen LogP contribution in [0, 0.1) is 0 Å². The maximum atomic E-state index is 11.2. The van der Waals surface area contributed by atoms with Crippen LogP contribution in [0.5, 0.6) is 5.75 Å². The van der Waals surface area contributed by atoms with Crippen LogP contribution in [0.15, 0.2) is 29.3 Å². The van der Waals surface area contributed by atoms with Crippen molar-refractivity contribution in [1.29, 1.82) is 0 Å². The van der Waals surface area contributed by atoms with Crippen molar-refractivity contribution in [3.63, 3.8) is 0 Å². The van der Waals surface area contributed by atoms with E-state index < -0.39 is 9.84 Å². The van der Waals surface area contributed by atoms with Crippen molar-refractivity contribution in [2.75, 3.05) is 50.7 Å². The molecule has 0 spiro atoms. The molecule has 7 nitrogen and oxygen atoms in total. The van der Waals surface area contributed by atoms with Gasteiger partial charge in [-0.1, -0.05) is 12.1 Å². The molecule has 1 aliphatic rings. The third-order valence-electron chi connectivity index (χ3n) is 4.16. The van der Waals surface area contributed by atoms with Crippen LogP contribution in [0.25, 0.3) is 0 Å². The van der Waals surface area contributed by atoms with Crippen molar-refractivity contribution in [1.82, 2.24) is 10.6 Å². The third kappa shape index (κ3) is 6.12. The molecule has 2 rings (SSSR count). The topological polar surface area (TPSA) is 83.0 Å². The van der Waals surface area contributed by atoms with E-state index in [0.29, 0.717) is 18.9 Å². The van der Waals surface area contributed by atoms with Gasteiger partial charge in [0.25, 0.3) is 0 Å². The number of sulfone groups is 1. The number of aliphatic imine (C=N–C) groups is 1. The molecule has 0 amide bonds. The van der Waals surface area contributed by atoms with Crippen molar-refractivity contribution in [2.24, 2.45) is 4.99 Å². The van der Waals surface area contributed by atoms with Crippen LogP contribution in [0.2, 0.25) is 0 Å². The number of anilines is 1. The van der Waals surface area contributed by atoms with E-state index in [1.165, 1.54) is 6.26 Å². The van der Waals surface area contributed by atoms with Gasteiger partial charge < -0.3 is 20.3 Å². The van der Waals surface area contributed by atoms with Gasteiger partial charge in [0.15, 0.2) is 5.96 Å². The highest BCUT2D eigenvalue weighted by Crippen LogP contribution is 2.30. The first-order valence-corrected chi connectivity index (χ1v) is 10.5. The van der Waals surface area contributed by atoms with Gasteiger partial charge in [-0.3, -0.25) is 4.99 Å². The lowest BCUT2D eigenvalue weighted by Crippen LogP contribution is -2.45. The molecule has 1 fully saturated rings. The first-order chi connectivity index (χ1) is 11.9. The van der Waals surface area contributed by atoms with E-state index in [2.05, 4.69) is 26.6 Å². The zero-order valence-electron chi connectivity index (χ0n) is 15.2. The number of ether oxygens (including phenoxy) is 1. The summed E-state index contributed by atoms with van der Waals surface area (Å²) in [5.74, 6) is 1.77. The number of nitrogens with zero attached hydrogens (tertiary/aromatic N) is 2. The quantitative estimate of drug-likeness (QED) is 0.422. The van der Waals surface area contributed by atoms with E-state index in [1.54, 1.807) is 14.2 Å². The smallest absolute Gasteiger partial charge is 0.191 e. The molecule has 0 saturated carbocycles. The van der Waals surface area contributed by atoms with Gasteiger partial charge in [0, 0.05) is 39.0 Å². The summed E-state index contributed by atoms with van der Waals surface area (Å²) in [6, 6.07) is 8.31. The summed E-state index contributed by atoms with van der Waals surface area (Å²) in [6.07, 6.45) is 2.82. The molecule has 0 aromatic heterocycles. The molecule has 2 N–H and O–H groups in total. The first-order valence-electron chi connectivity index (χ1n) is 8.46. The Morgan fingerprint density at radius 3 is 2.84 bits per heavy atom. The molecular formula is C17H28N4O3S. The average molecular weight is 369 g/mol. The Balaban J connectivity index is 1.83. The second-order valence-corrected chi connectivity index (χ2v) is 8.49. The van der Waals surface area contributed by atoms with Crippen LogP contribution in [0.3, 0.4) is 0 Å². The molecule has 1 aromatic rings. The predicted molar refractivity (Wildman–Crippen MR) is 102 cm³/mol. The molecular weight excluding hydrogens is 340 g/mol. The summed E-state index contributed by atoms with van der Waals surface area (Å²) in [6.45, 7) is 2.39. The van der Waals surface area contributed by atoms with Crippen LogP contribution >= 0.6 is 0 Å². The van der Waals surface area contributed by atoms with Crippen molar-refractivity contribution in [2.45, 2.75) is 18.9 Å². The summed E-state index contributed by atoms with van der Waals surface area (Å²) in [5.41, 5.74) is 1.10. The van der Waals surface area contributed by atoms with E-state index >= 15 is 0 Å². The summed E-state index contributed by atoms with van der Waals surface area (Å²) in [7, 11) is 0.494. The molecule has 0 bridgehead atoms. The van der Waals surface area contributed by atoms with Crippen LogP contribution in [0.4, 0.5) is 5.69 Å². The zero-order chi connectivity index (χ0) is 18.3. The van der Waals surface area contributed by atoms with Gasteiger partial charge in [-0.05, 0) is 25.0 Å².